The van der Waals surface area contributed by atoms with Crippen molar-refractivity contribution in [3.05, 3.63) is 170 Å². The van der Waals surface area contributed by atoms with E-state index in [2.05, 4.69) is 191 Å². The highest BCUT2D eigenvalue weighted by molar-refractivity contribution is 5.71. The molecule has 0 aliphatic heterocycles. The molecule has 0 radical (unpaired) electrons. The van der Waals surface area contributed by atoms with Gasteiger partial charge < -0.3 is 14.2 Å². The minimum Gasteiger partial charge on any atom is -0.462 e. The average Bonchev–Trinajstić information content (AvgIpc) is 3.41. The molecule has 0 bridgehead atoms. The summed E-state index contributed by atoms with van der Waals surface area (Å²) in [4.78, 5) is 38.2. The Hall–Kier alpha value is -5.23. The van der Waals surface area contributed by atoms with E-state index in [1.807, 2.05) is 0 Å². The van der Waals surface area contributed by atoms with E-state index in [1.165, 1.54) is 32.1 Å². The number of hydrogen-bond donors (Lipinski definition) is 0. The van der Waals surface area contributed by atoms with Crippen LogP contribution in [0.1, 0.15) is 226 Å². The molecule has 0 aromatic rings. The van der Waals surface area contributed by atoms with Crippen molar-refractivity contribution in [2.24, 2.45) is 0 Å². The zero-order valence-electron chi connectivity index (χ0n) is 47.7. The molecule has 0 amide bonds. The van der Waals surface area contributed by atoms with Gasteiger partial charge in [-0.2, -0.15) is 0 Å². The van der Waals surface area contributed by atoms with E-state index < -0.39 is 6.10 Å². The van der Waals surface area contributed by atoms with Crippen LogP contribution in [0.2, 0.25) is 0 Å². The maximum Gasteiger partial charge on any atom is 0.306 e. The van der Waals surface area contributed by atoms with Gasteiger partial charge in [0.1, 0.15) is 13.2 Å². The van der Waals surface area contributed by atoms with Crippen LogP contribution in [-0.4, -0.2) is 37.2 Å². The number of allylic oxidation sites excluding steroid dienone is 28. The van der Waals surface area contributed by atoms with Gasteiger partial charge in [0.2, 0.25) is 0 Å². The second-order valence-corrected chi connectivity index (χ2v) is 18.8. The molecule has 0 spiro atoms. The van der Waals surface area contributed by atoms with Gasteiger partial charge in [0.25, 0.3) is 0 Å². The van der Waals surface area contributed by atoms with Gasteiger partial charge in [0.05, 0.1) is 0 Å². The first-order valence-corrected chi connectivity index (χ1v) is 29.6. The molecule has 6 nitrogen and oxygen atoms in total. The average molecular weight is 1030 g/mol. The highest BCUT2D eigenvalue weighted by Gasteiger charge is 2.19. The van der Waals surface area contributed by atoms with E-state index in [0.717, 1.165) is 141 Å². The Kier molecular flexibility index (Phi) is 57.0. The molecule has 75 heavy (non-hydrogen) atoms. The third kappa shape index (κ3) is 59.5. The summed E-state index contributed by atoms with van der Waals surface area (Å²) in [5.41, 5.74) is 0. The molecular weight excluding hydrogens is 925 g/mol. The predicted octanol–water partition coefficient (Wildman–Crippen LogP) is 20.3. The van der Waals surface area contributed by atoms with Crippen LogP contribution in [0.5, 0.6) is 0 Å². The van der Waals surface area contributed by atoms with Crippen molar-refractivity contribution in [2.75, 3.05) is 13.2 Å². The molecule has 418 valence electrons. The highest BCUT2D eigenvalue weighted by Crippen LogP contribution is 2.13. The van der Waals surface area contributed by atoms with E-state index >= 15 is 0 Å². The maximum atomic E-state index is 12.9. The van der Waals surface area contributed by atoms with Crippen LogP contribution in [0.4, 0.5) is 0 Å². The quantitative estimate of drug-likeness (QED) is 0.0261. The molecule has 0 aliphatic rings. The summed E-state index contributed by atoms with van der Waals surface area (Å²) in [6.07, 6.45) is 90.6. The summed E-state index contributed by atoms with van der Waals surface area (Å²) in [5, 5.41) is 0. The van der Waals surface area contributed by atoms with Crippen molar-refractivity contribution >= 4 is 17.9 Å². The largest absolute Gasteiger partial charge is 0.462 e. The fourth-order valence-corrected chi connectivity index (χ4v) is 7.37. The number of ether oxygens (including phenoxy) is 3. The Morgan fingerprint density at radius 1 is 0.267 bits per heavy atom. The van der Waals surface area contributed by atoms with Crippen LogP contribution >= 0.6 is 0 Å². The monoisotopic (exact) mass is 1030 g/mol. The van der Waals surface area contributed by atoms with Gasteiger partial charge in [0.15, 0.2) is 6.10 Å². The van der Waals surface area contributed by atoms with Crippen LogP contribution in [0.3, 0.4) is 0 Å². The summed E-state index contributed by atoms with van der Waals surface area (Å²) in [5.74, 6) is -1.02. The molecule has 0 saturated carbocycles. The minimum absolute atomic E-state index is 0.125. The Bertz CT molecular complexity index is 1750. The molecule has 6 heteroatoms. The summed E-state index contributed by atoms with van der Waals surface area (Å²) < 4.78 is 16.8. The van der Waals surface area contributed by atoms with Crippen LogP contribution in [0.25, 0.3) is 0 Å². The van der Waals surface area contributed by atoms with Crippen molar-refractivity contribution in [1.82, 2.24) is 0 Å². The lowest BCUT2D eigenvalue weighted by molar-refractivity contribution is -0.167. The lowest BCUT2D eigenvalue weighted by atomic mass is 10.1. The molecule has 0 rings (SSSR count). The topological polar surface area (TPSA) is 78.9 Å². The molecule has 0 N–H and O–H groups in total. The van der Waals surface area contributed by atoms with E-state index in [9.17, 15) is 14.4 Å². The number of esters is 3. The molecule has 1 atom stereocenters. The van der Waals surface area contributed by atoms with Crippen molar-refractivity contribution in [3.8, 4) is 0 Å². The fourth-order valence-electron chi connectivity index (χ4n) is 7.37. The van der Waals surface area contributed by atoms with Gasteiger partial charge in [-0.3, -0.25) is 14.4 Å². The molecule has 0 aromatic carbocycles. The predicted molar refractivity (Wildman–Crippen MR) is 325 cm³/mol. The fraction of sp³-hybridized carbons (Fsp3) is 0.551. The van der Waals surface area contributed by atoms with Crippen molar-refractivity contribution in [1.29, 1.82) is 0 Å². The second kappa shape index (κ2) is 61.3. The zero-order chi connectivity index (χ0) is 54.3. The van der Waals surface area contributed by atoms with Gasteiger partial charge in [-0.05, 0) is 148 Å². The SMILES string of the molecule is CC/C=C\C/C=C\C/C=C\C/C=C\C/C=C\C/C=C\CCCCC(=O)OCC(COC(=O)CCCC/C=C\C/C=C\C/C=C\C/C=C\CC)OC(=O)CCCCCCCCCC/C=C\C/C=C\C/C=C\C/C=C\CC. The number of hydrogen-bond acceptors (Lipinski definition) is 6. The summed E-state index contributed by atoms with van der Waals surface area (Å²) >= 11 is 0. The van der Waals surface area contributed by atoms with Crippen molar-refractivity contribution in [3.63, 3.8) is 0 Å². The molecule has 1 unspecified atom stereocenters. The smallest absolute Gasteiger partial charge is 0.306 e. The van der Waals surface area contributed by atoms with E-state index in [1.54, 1.807) is 0 Å². The van der Waals surface area contributed by atoms with Crippen LogP contribution in [0.15, 0.2) is 170 Å². The summed E-state index contributed by atoms with van der Waals surface area (Å²) in [7, 11) is 0. The van der Waals surface area contributed by atoms with Gasteiger partial charge >= 0.3 is 17.9 Å². The first-order chi connectivity index (χ1) is 37.0. The van der Waals surface area contributed by atoms with Gasteiger partial charge in [0, 0.05) is 19.3 Å². The van der Waals surface area contributed by atoms with Gasteiger partial charge in [-0.1, -0.05) is 229 Å². The van der Waals surface area contributed by atoms with Gasteiger partial charge in [-0.15, -0.1) is 0 Å². The molecule has 0 aliphatic carbocycles. The number of rotatable bonds is 51. The highest BCUT2D eigenvalue weighted by atomic mass is 16.6. The van der Waals surface area contributed by atoms with Crippen LogP contribution < -0.4 is 0 Å². The normalized spacial score (nSPS) is 13.4. The molecular formula is C69H106O6. The van der Waals surface area contributed by atoms with Crippen molar-refractivity contribution in [2.45, 2.75) is 232 Å². The van der Waals surface area contributed by atoms with E-state index in [4.69, 9.17) is 14.2 Å². The molecule has 0 saturated heterocycles. The molecule has 0 aromatic heterocycles. The standard InChI is InChI=1S/C69H106O6/c1-4-7-10-13-16-19-22-25-28-30-32-34-36-38-41-44-47-50-53-56-59-62-68(71)74-65-66(64-73-67(70)61-58-55-52-49-46-43-40-27-24-21-18-15-12-9-6-3)75-69(72)63-60-57-54-51-48-45-42-39-37-35-33-31-29-26-23-20-17-14-11-8-5-2/h7-12,16-21,25-29,32-35,38,40-41,46-47,49-50,66H,4-6,13-15,22-24,30-31,36-37,39,42-45,48,51-65H2,1-3H3/b10-7-,11-8-,12-9-,19-16-,20-17-,21-18-,28-25-,29-26-,34-32-,35-33-,40-27-,41-38-,49-46-,50-47-. The third-order valence-corrected chi connectivity index (χ3v) is 11.7. The number of carbonyl (C=O) groups is 3. The maximum absolute atomic E-state index is 12.9. The third-order valence-electron chi connectivity index (χ3n) is 11.7. The zero-order valence-corrected chi connectivity index (χ0v) is 47.7. The Morgan fingerprint density at radius 3 is 0.773 bits per heavy atom. The van der Waals surface area contributed by atoms with Crippen molar-refractivity contribution < 1.29 is 28.6 Å². The summed E-state index contributed by atoms with van der Waals surface area (Å²) in [6, 6.07) is 0. The minimum atomic E-state index is -0.828. The molecule has 0 heterocycles. The first-order valence-electron chi connectivity index (χ1n) is 29.6. The summed E-state index contributed by atoms with van der Waals surface area (Å²) in [6.45, 7) is 6.20. The van der Waals surface area contributed by atoms with E-state index in [-0.39, 0.29) is 44.0 Å². The van der Waals surface area contributed by atoms with Crippen LogP contribution in [-0.2, 0) is 28.6 Å². The van der Waals surface area contributed by atoms with E-state index in [0.29, 0.717) is 19.3 Å². The Morgan fingerprint density at radius 2 is 0.480 bits per heavy atom. The number of unbranched alkanes of at least 4 members (excludes halogenated alkanes) is 12. The van der Waals surface area contributed by atoms with Gasteiger partial charge in [-0.25, -0.2) is 0 Å². The van der Waals surface area contributed by atoms with Crippen LogP contribution in [0, 0.1) is 0 Å². The number of carbonyl (C=O) groups excluding carboxylic acids is 3. The second-order valence-electron chi connectivity index (χ2n) is 18.8. The lowest BCUT2D eigenvalue weighted by Crippen LogP contribution is -2.30. The molecule has 0 fully saturated rings. The first kappa shape index (κ1) is 69.8. The Labute approximate surface area is 460 Å². The Balaban J connectivity index is 4.56. The lowest BCUT2D eigenvalue weighted by Gasteiger charge is -2.18.